The highest BCUT2D eigenvalue weighted by Gasteiger charge is 2.37. The molecule has 0 fully saturated rings. The van der Waals surface area contributed by atoms with E-state index in [-0.39, 0.29) is 36.1 Å². The van der Waals surface area contributed by atoms with Gasteiger partial charge in [-0.05, 0) is 77.1 Å². The molecule has 0 heterocycles. The summed E-state index contributed by atoms with van der Waals surface area (Å²) in [6.45, 7) is 16.7. The first-order valence-electron chi connectivity index (χ1n) is 12.1. The van der Waals surface area contributed by atoms with Gasteiger partial charge in [0.15, 0.2) is 0 Å². The van der Waals surface area contributed by atoms with Gasteiger partial charge in [0.1, 0.15) is 23.4 Å². The Kier molecular flexibility index (Phi) is 10.9. The van der Waals surface area contributed by atoms with Crippen molar-refractivity contribution in [1.82, 2.24) is 15.5 Å². The third kappa shape index (κ3) is 8.54. The zero-order valence-corrected chi connectivity index (χ0v) is 22.2. The molecule has 3 N–H and O–H groups in total. The number of aryl methyl sites for hydroxylation is 1. The largest absolute Gasteiger partial charge is 0.508 e. The Morgan fingerprint density at radius 2 is 1.71 bits per heavy atom. The summed E-state index contributed by atoms with van der Waals surface area (Å²) in [4.78, 5) is 41.1. The van der Waals surface area contributed by atoms with Crippen molar-refractivity contribution in [3.63, 3.8) is 0 Å². The molecular weight excluding hydrogens is 434 g/mol. The lowest BCUT2D eigenvalue weighted by Gasteiger charge is -2.35. The van der Waals surface area contributed by atoms with Crippen LogP contribution in [0.25, 0.3) is 0 Å². The van der Waals surface area contributed by atoms with Gasteiger partial charge in [-0.15, -0.1) is 0 Å². The van der Waals surface area contributed by atoms with E-state index in [2.05, 4.69) is 10.6 Å². The molecule has 0 aromatic heterocycles. The number of carbonyl (C=O) groups is 3. The Bertz CT molecular complexity index is 847. The highest BCUT2D eigenvalue weighted by molar-refractivity contribution is 5.92. The van der Waals surface area contributed by atoms with Gasteiger partial charge in [-0.25, -0.2) is 4.79 Å². The first-order chi connectivity index (χ1) is 15.7. The summed E-state index contributed by atoms with van der Waals surface area (Å²) in [5.41, 5.74) is 0.486. The van der Waals surface area contributed by atoms with E-state index in [0.717, 1.165) is 12.8 Å². The number of phenols is 1. The predicted molar refractivity (Wildman–Crippen MR) is 133 cm³/mol. The second-order valence-electron chi connectivity index (χ2n) is 10.1. The molecule has 1 rings (SSSR count). The number of ether oxygens (including phenoxy) is 1. The van der Waals surface area contributed by atoms with Crippen molar-refractivity contribution in [2.75, 3.05) is 6.54 Å². The van der Waals surface area contributed by atoms with Gasteiger partial charge in [-0.3, -0.25) is 9.59 Å². The van der Waals surface area contributed by atoms with E-state index in [1.54, 1.807) is 46.8 Å². The Morgan fingerprint density at radius 3 is 2.18 bits per heavy atom. The van der Waals surface area contributed by atoms with Crippen LogP contribution in [-0.2, 0) is 14.3 Å². The van der Waals surface area contributed by atoms with Crippen LogP contribution in [0, 0.1) is 12.8 Å². The summed E-state index contributed by atoms with van der Waals surface area (Å²) in [5.74, 6) is -0.806. The minimum atomic E-state index is -0.919. The summed E-state index contributed by atoms with van der Waals surface area (Å²) >= 11 is 0. The number of rotatable bonds is 10. The molecule has 0 aliphatic rings. The molecule has 0 saturated carbocycles. The van der Waals surface area contributed by atoms with Crippen molar-refractivity contribution >= 4 is 17.9 Å². The molecule has 8 heteroatoms. The number of benzene rings is 1. The standard InChI is InChI=1S/C26H43N3O5/c1-10-12-18(6)27-23(31)22(19-13-14-20(30)17(5)15-19)29(11-2)24(32)21(16(3)4)28-25(33)34-26(7,8)9/h13-16,18,21-22,30H,10-12H2,1-9H3,(H,27,31)(H,28,33). The molecule has 0 aliphatic heterocycles. The molecule has 0 radical (unpaired) electrons. The molecule has 0 bridgehead atoms. The third-order valence-corrected chi connectivity index (χ3v) is 5.44. The van der Waals surface area contributed by atoms with Crippen molar-refractivity contribution in [2.24, 2.45) is 5.92 Å². The fraction of sp³-hybridized carbons (Fsp3) is 0.654. The molecular formula is C26H43N3O5. The van der Waals surface area contributed by atoms with Gasteiger partial charge in [0, 0.05) is 12.6 Å². The van der Waals surface area contributed by atoms with E-state index in [4.69, 9.17) is 4.74 Å². The zero-order valence-electron chi connectivity index (χ0n) is 22.2. The maximum Gasteiger partial charge on any atom is 0.408 e. The first kappa shape index (κ1) is 29.3. The van der Waals surface area contributed by atoms with Gasteiger partial charge in [-0.1, -0.05) is 33.3 Å². The molecule has 34 heavy (non-hydrogen) atoms. The molecule has 3 unspecified atom stereocenters. The highest BCUT2D eigenvalue weighted by Crippen LogP contribution is 2.28. The van der Waals surface area contributed by atoms with Crippen LogP contribution < -0.4 is 10.6 Å². The Balaban J connectivity index is 3.38. The number of nitrogens with one attached hydrogen (secondary N) is 2. The van der Waals surface area contributed by atoms with Gasteiger partial charge in [-0.2, -0.15) is 0 Å². The number of alkyl carbamates (subject to hydrolysis) is 1. The van der Waals surface area contributed by atoms with Crippen LogP contribution in [0.3, 0.4) is 0 Å². The Labute approximate surface area is 204 Å². The summed E-state index contributed by atoms with van der Waals surface area (Å²) in [7, 11) is 0. The van der Waals surface area contributed by atoms with E-state index in [1.165, 1.54) is 11.0 Å². The van der Waals surface area contributed by atoms with Gasteiger partial charge in [0.05, 0.1) is 0 Å². The maximum absolute atomic E-state index is 13.7. The third-order valence-electron chi connectivity index (χ3n) is 5.44. The van der Waals surface area contributed by atoms with Crippen LogP contribution in [0.5, 0.6) is 5.75 Å². The first-order valence-corrected chi connectivity index (χ1v) is 12.1. The van der Waals surface area contributed by atoms with Crippen LogP contribution >= 0.6 is 0 Å². The van der Waals surface area contributed by atoms with Crippen LogP contribution in [0.2, 0.25) is 0 Å². The number of hydrogen-bond acceptors (Lipinski definition) is 5. The monoisotopic (exact) mass is 477 g/mol. The van der Waals surface area contributed by atoms with Crippen molar-refractivity contribution in [3.05, 3.63) is 29.3 Å². The van der Waals surface area contributed by atoms with Crippen LogP contribution in [0.1, 0.15) is 85.4 Å². The number of phenolic OH excluding ortho intramolecular Hbond substituents is 1. The van der Waals surface area contributed by atoms with Crippen LogP contribution in [0.15, 0.2) is 18.2 Å². The Morgan fingerprint density at radius 1 is 1.09 bits per heavy atom. The predicted octanol–water partition coefficient (Wildman–Crippen LogP) is 4.44. The lowest BCUT2D eigenvalue weighted by atomic mass is 9.97. The summed E-state index contributed by atoms with van der Waals surface area (Å²) in [6, 6.07) is 3.03. The smallest absolute Gasteiger partial charge is 0.408 e. The molecule has 8 nitrogen and oxygen atoms in total. The van der Waals surface area contributed by atoms with E-state index in [1.807, 2.05) is 27.7 Å². The molecule has 3 atom stereocenters. The summed E-state index contributed by atoms with van der Waals surface area (Å²) < 4.78 is 5.36. The zero-order chi connectivity index (χ0) is 26.2. The van der Waals surface area contributed by atoms with Gasteiger partial charge >= 0.3 is 6.09 Å². The molecule has 1 aromatic rings. The molecule has 0 spiro atoms. The minimum Gasteiger partial charge on any atom is -0.508 e. The quantitative estimate of drug-likeness (QED) is 0.462. The second kappa shape index (κ2) is 12.6. The average Bonchev–Trinajstić information content (AvgIpc) is 2.70. The summed E-state index contributed by atoms with van der Waals surface area (Å²) in [5, 5.41) is 15.7. The van der Waals surface area contributed by atoms with E-state index in [0.29, 0.717) is 11.1 Å². The second-order valence-corrected chi connectivity index (χ2v) is 10.1. The van der Waals surface area contributed by atoms with Crippen LogP contribution in [0.4, 0.5) is 4.79 Å². The van der Waals surface area contributed by atoms with Gasteiger partial charge in [0.25, 0.3) is 0 Å². The molecule has 0 aliphatic carbocycles. The number of aromatic hydroxyl groups is 1. The van der Waals surface area contributed by atoms with Gasteiger partial charge in [0.2, 0.25) is 11.8 Å². The van der Waals surface area contributed by atoms with Crippen molar-refractivity contribution in [1.29, 1.82) is 0 Å². The fourth-order valence-corrected chi connectivity index (χ4v) is 3.74. The van der Waals surface area contributed by atoms with Crippen LogP contribution in [-0.4, -0.2) is 52.1 Å². The number of hydrogen-bond donors (Lipinski definition) is 3. The lowest BCUT2D eigenvalue weighted by Crippen LogP contribution is -2.55. The van der Waals surface area contributed by atoms with E-state index in [9.17, 15) is 19.5 Å². The lowest BCUT2D eigenvalue weighted by molar-refractivity contribution is -0.143. The van der Waals surface area contributed by atoms with Gasteiger partial charge < -0.3 is 25.4 Å². The SMILES string of the molecule is CCCC(C)NC(=O)C(c1ccc(O)c(C)c1)N(CC)C(=O)C(NC(=O)OC(C)(C)C)C(C)C. The van der Waals surface area contributed by atoms with Crippen molar-refractivity contribution in [2.45, 2.75) is 98.9 Å². The summed E-state index contributed by atoms with van der Waals surface area (Å²) in [6.07, 6.45) is 1.03. The number of nitrogens with zero attached hydrogens (tertiary/aromatic N) is 1. The number of likely N-dealkylation sites (N-methyl/N-ethyl adjacent to an activating group) is 1. The molecule has 3 amide bonds. The fourth-order valence-electron chi connectivity index (χ4n) is 3.74. The number of carbonyl (C=O) groups excluding carboxylic acids is 3. The Hall–Kier alpha value is -2.77. The molecule has 1 aromatic carbocycles. The molecule has 0 saturated heterocycles. The van der Waals surface area contributed by atoms with Crippen molar-refractivity contribution in [3.8, 4) is 5.75 Å². The highest BCUT2D eigenvalue weighted by atomic mass is 16.6. The molecule has 192 valence electrons. The van der Waals surface area contributed by atoms with Crippen molar-refractivity contribution < 1.29 is 24.2 Å². The minimum absolute atomic E-state index is 0.0622. The average molecular weight is 478 g/mol. The van der Waals surface area contributed by atoms with E-state index < -0.39 is 23.8 Å². The normalized spacial score (nSPS) is 14.2. The topological polar surface area (TPSA) is 108 Å². The number of amides is 3. The maximum atomic E-state index is 13.7. The van der Waals surface area contributed by atoms with E-state index >= 15 is 0 Å².